The van der Waals surface area contributed by atoms with Gasteiger partial charge in [-0.15, -0.1) is 0 Å². The van der Waals surface area contributed by atoms with Crippen LogP contribution in [-0.2, 0) is 27.1 Å². The molecule has 9 nitrogen and oxygen atoms in total. The monoisotopic (exact) mass is 628 g/mol. The summed E-state index contributed by atoms with van der Waals surface area (Å²) in [5.74, 6) is -2.51. The van der Waals surface area contributed by atoms with Crippen LogP contribution in [0.15, 0.2) is 60.9 Å². The van der Waals surface area contributed by atoms with E-state index in [1.54, 1.807) is 13.8 Å². The molecule has 1 aliphatic heterocycles. The van der Waals surface area contributed by atoms with Crippen molar-refractivity contribution in [1.29, 1.82) is 0 Å². The molecule has 2 heterocycles. The van der Waals surface area contributed by atoms with Gasteiger partial charge in [0.15, 0.2) is 5.78 Å². The number of halogens is 3. The van der Waals surface area contributed by atoms with Gasteiger partial charge in [0.2, 0.25) is 0 Å². The van der Waals surface area contributed by atoms with Crippen LogP contribution < -0.4 is 16.4 Å². The van der Waals surface area contributed by atoms with Crippen LogP contribution in [0.1, 0.15) is 48.4 Å². The number of nitrogens with zero attached hydrogens (tertiary/aromatic N) is 1. The molecule has 2 aromatic carbocycles. The number of aromatic nitrogens is 1. The summed E-state index contributed by atoms with van der Waals surface area (Å²) >= 11 is 0. The highest BCUT2D eigenvalue weighted by Gasteiger charge is 2.29. The molecule has 45 heavy (non-hydrogen) atoms. The van der Waals surface area contributed by atoms with Gasteiger partial charge in [0, 0.05) is 25.1 Å². The summed E-state index contributed by atoms with van der Waals surface area (Å²) < 4.78 is 53.4. The van der Waals surface area contributed by atoms with E-state index in [9.17, 15) is 27.9 Å². The van der Waals surface area contributed by atoms with E-state index < -0.39 is 41.0 Å². The molecule has 1 fully saturated rings. The maximum atomic E-state index is 15.0. The fourth-order valence-corrected chi connectivity index (χ4v) is 5.17. The second-order valence-corrected chi connectivity index (χ2v) is 11.9. The molecule has 12 heteroatoms. The first kappa shape index (κ1) is 34.0. The number of hydrogen-bond donors (Lipinski definition) is 4. The Labute approximate surface area is 260 Å². The zero-order chi connectivity index (χ0) is 32.6. The summed E-state index contributed by atoms with van der Waals surface area (Å²) in [4.78, 5) is 29.4. The average molecular weight is 629 g/mol. The number of nitrogens with two attached hydrogens (primary N) is 1. The first-order chi connectivity index (χ1) is 21.5. The van der Waals surface area contributed by atoms with E-state index in [4.69, 9.17) is 15.2 Å². The smallest absolute Gasteiger partial charge is 0.407 e. The van der Waals surface area contributed by atoms with Crippen molar-refractivity contribution in [3.05, 3.63) is 101 Å². The van der Waals surface area contributed by atoms with Crippen molar-refractivity contribution in [2.75, 3.05) is 26.4 Å². The fraction of sp³-hybridized carbons (Fsp3) is 0.424. The molecule has 4 rings (SSSR count). The van der Waals surface area contributed by atoms with E-state index in [0.29, 0.717) is 35.2 Å². The van der Waals surface area contributed by atoms with Crippen molar-refractivity contribution in [1.82, 2.24) is 15.6 Å². The number of rotatable bonds is 13. The van der Waals surface area contributed by atoms with Crippen LogP contribution in [0.5, 0.6) is 0 Å². The van der Waals surface area contributed by atoms with Crippen LogP contribution >= 0.6 is 0 Å². The minimum absolute atomic E-state index is 0.0718. The highest BCUT2D eigenvalue weighted by molar-refractivity contribution is 5.87. The normalized spacial score (nSPS) is 17.6. The molecule has 0 aliphatic carbocycles. The van der Waals surface area contributed by atoms with E-state index in [1.165, 1.54) is 54.7 Å². The average Bonchev–Trinajstić information content (AvgIpc) is 3.02. The Bertz CT molecular complexity index is 1390. The van der Waals surface area contributed by atoms with Crippen molar-refractivity contribution in [2.24, 2.45) is 5.73 Å². The minimum Gasteiger partial charge on any atom is -0.448 e. The molecule has 3 aromatic rings. The Morgan fingerprint density at radius 1 is 1.09 bits per heavy atom. The lowest BCUT2D eigenvalue weighted by molar-refractivity contribution is -0.119. The number of aliphatic hydroxyl groups is 1. The molecule has 3 atom stereocenters. The van der Waals surface area contributed by atoms with Crippen LogP contribution in [0, 0.1) is 17.5 Å². The maximum Gasteiger partial charge on any atom is 0.407 e. The summed E-state index contributed by atoms with van der Waals surface area (Å²) in [6.45, 7) is 3.89. The number of pyridine rings is 1. The topological polar surface area (TPSA) is 136 Å². The number of ketones is 1. The highest BCUT2D eigenvalue weighted by atomic mass is 19.1. The third kappa shape index (κ3) is 9.57. The van der Waals surface area contributed by atoms with Crippen molar-refractivity contribution in [2.45, 2.75) is 62.8 Å². The zero-order valence-corrected chi connectivity index (χ0v) is 25.3. The number of nitrogens with one attached hydrogen (secondary N) is 2. The van der Waals surface area contributed by atoms with Crippen molar-refractivity contribution >= 4 is 11.9 Å². The summed E-state index contributed by atoms with van der Waals surface area (Å²) in [5, 5.41) is 15.1. The van der Waals surface area contributed by atoms with Gasteiger partial charge in [-0.05, 0) is 73.2 Å². The molecule has 1 amide bonds. The number of aliphatic hydroxyl groups excluding tert-OH is 1. The van der Waals surface area contributed by atoms with Crippen LogP contribution in [0.2, 0.25) is 0 Å². The number of carbonyl (C=O) groups is 2. The zero-order valence-electron chi connectivity index (χ0n) is 25.3. The van der Waals surface area contributed by atoms with Crippen molar-refractivity contribution in [3.8, 4) is 0 Å². The maximum absolute atomic E-state index is 15.0. The summed E-state index contributed by atoms with van der Waals surface area (Å²) in [6.07, 6.45) is 2.20. The Morgan fingerprint density at radius 2 is 1.71 bits per heavy atom. The quantitative estimate of drug-likeness (QED) is 0.226. The lowest BCUT2D eigenvalue weighted by atomic mass is 9.82. The highest BCUT2D eigenvalue weighted by Crippen LogP contribution is 2.29. The molecule has 1 aliphatic rings. The molecule has 0 unspecified atom stereocenters. The van der Waals surface area contributed by atoms with Gasteiger partial charge in [0.1, 0.15) is 24.1 Å². The number of morpholine rings is 1. The Kier molecular flexibility index (Phi) is 11.7. The van der Waals surface area contributed by atoms with Crippen LogP contribution in [0.25, 0.3) is 0 Å². The Hall–Kier alpha value is -3.84. The summed E-state index contributed by atoms with van der Waals surface area (Å²) in [7, 11) is 0. The summed E-state index contributed by atoms with van der Waals surface area (Å²) in [6, 6.07) is 9.90. The predicted octanol–water partition coefficient (Wildman–Crippen LogP) is 3.56. The number of benzene rings is 2. The van der Waals surface area contributed by atoms with E-state index in [-0.39, 0.29) is 50.6 Å². The van der Waals surface area contributed by atoms with Gasteiger partial charge in [-0.3, -0.25) is 9.78 Å². The van der Waals surface area contributed by atoms with E-state index in [2.05, 4.69) is 15.6 Å². The molecular weight excluding hydrogens is 589 g/mol. The second kappa shape index (κ2) is 15.4. The third-order valence-electron chi connectivity index (χ3n) is 7.78. The largest absolute Gasteiger partial charge is 0.448 e. The lowest BCUT2D eigenvalue weighted by Gasteiger charge is -2.31. The van der Waals surface area contributed by atoms with Gasteiger partial charge in [0.25, 0.3) is 0 Å². The number of hydrogen-bond acceptors (Lipinski definition) is 8. The Morgan fingerprint density at radius 3 is 2.27 bits per heavy atom. The first-order valence-corrected chi connectivity index (χ1v) is 14.8. The number of amides is 1. The molecule has 0 bridgehead atoms. The van der Waals surface area contributed by atoms with Gasteiger partial charge in [-0.25, -0.2) is 18.0 Å². The van der Waals surface area contributed by atoms with Gasteiger partial charge in [-0.2, -0.15) is 0 Å². The molecule has 0 saturated carbocycles. The fourth-order valence-electron chi connectivity index (χ4n) is 5.17. The standard InChI is InChI=1S/C33H39F3N4O5/c1-33(2,19-41)40-32(43)45-18-25-17-44-26(15-39-25)11-12-27-22(14-38-16-28(27)36)13-29(42)31(37)30(20-3-7-23(34)8-4-20)21-5-9-24(35)10-6-21/h3-10,14,16,25-26,30-31,39,41H,11-13,15,17-19,37H2,1-2H3,(H,40,43)/t25-,26+,31+/m0/s1. The van der Waals surface area contributed by atoms with Crippen LogP contribution in [-0.4, -0.2) is 72.1 Å². The molecule has 0 spiro atoms. The van der Waals surface area contributed by atoms with E-state index in [0.717, 1.165) is 6.20 Å². The molecule has 0 radical (unpaired) electrons. The SMILES string of the molecule is CC(C)(CO)NC(=O)OC[C@@H]1CO[C@H](CCc2c(F)cncc2CC(=O)[C@@H](N)C(c2ccc(F)cc2)c2ccc(F)cc2)CN1. The lowest BCUT2D eigenvalue weighted by Crippen LogP contribution is -2.51. The van der Waals surface area contributed by atoms with Gasteiger partial charge in [0.05, 0.1) is 43.1 Å². The molecule has 1 saturated heterocycles. The van der Waals surface area contributed by atoms with E-state index in [1.807, 2.05) is 0 Å². The number of ether oxygens (including phenoxy) is 2. The third-order valence-corrected chi connectivity index (χ3v) is 7.78. The number of alkyl carbamates (subject to hydrolysis) is 1. The predicted molar refractivity (Wildman–Crippen MR) is 161 cm³/mol. The molecule has 1 aromatic heterocycles. The van der Waals surface area contributed by atoms with Gasteiger partial charge < -0.3 is 30.9 Å². The number of carbonyl (C=O) groups excluding carboxylic acids is 2. The minimum atomic E-state index is -1.08. The summed E-state index contributed by atoms with van der Waals surface area (Å²) in [5.41, 5.74) is 7.60. The van der Waals surface area contributed by atoms with E-state index >= 15 is 0 Å². The Balaban J connectivity index is 1.36. The van der Waals surface area contributed by atoms with Crippen LogP contribution in [0.3, 0.4) is 0 Å². The van der Waals surface area contributed by atoms with Crippen molar-refractivity contribution < 1.29 is 37.3 Å². The van der Waals surface area contributed by atoms with Crippen molar-refractivity contribution in [3.63, 3.8) is 0 Å². The van der Waals surface area contributed by atoms with Crippen LogP contribution in [0.4, 0.5) is 18.0 Å². The van der Waals surface area contributed by atoms with Gasteiger partial charge in [-0.1, -0.05) is 24.3 Å². The van der Waals surface area contributed by atoms with Gasteiger partial charge >= 0.3 is 6.09 Å². The number of Topliss-reactive ketones (excluding diaryl/α,β-unsaturated/α-hetero) is 1. The molecule has 5 N–H and O–H groups in total. The molecule has 242 valence electrons. The molecular formula is C33H39F3N4O5. The second-order valence-electron chi connectivity index (χ2n) is 11.9. The first-order valence-electron chi connectivity index (χ1n) is 14.8.